The predicted octanol–water partition coefficient (Wildman–Crippen LogP) is 4.15. The summed E-state index contributed by atoms with van der Waals surface area (Å²) in [5.74, 6) is -0.280. The first-order chi connectivity index (χ1) is 9.02. The number of rotatable bonds is 3. The van der Waals surface area contributed by atoms with E-state index in [9.17, 15) is 9.50 Å². The standard InChI is InChI=1S/C15H21ClFNO.ClH/c1-9-7-8-11(17)12(13(9)16)14(18)15(19)10-5-3-2-4-6-10;/h7-8,10,14-15,19H,2-6,18H2,1H3;1H/t14-,15+;/m1./s1. The Morgan fingerprint density at radius 2 is 1.90 bits per heavy atom. The number of halogens is 3. The highest BCUT2D eigenvalue weighted by atomic mass is 35.5. The summed E-state index contributed by atoms with van der Waals surface area (Å²) in [6.45, 7) is 1.81. The van der Waals surface area contributed by atoms with Crippen molar-refractivity contribution in [2.45, 2.75) is 51.2 Å². The lowest BCUT2D eigenvalue weighted by atomic mass is 9.81. The van der Waals surface area contributed by atoms with Crippen LogP contribution in [0, 0.1) is 18.7 Å². The van der Waals surface area contributed by atoms with Gasteiger partial charge >= 0.3 is 0 Å². The van der Waals surface area contributed by atoms with Crippen LogP contribution in [0.5, 0.6) is 0 Å². The maximum Gasteiger partial charge on any atom is 0.129 e. The Hall–Kier alpha value is -0.350. The number of hydrogen-bond donors (Lipinski definition) is 2. The van der Waals surface area contributed by atoms with Gasteiger partial charge in [0.05, 0.1) is 17.2 Å². The molecule has 0 radical (unpaired) electrons. The molecule has 1 aliphatic rings. The fourth-order valence-corrected chi connectivity index (χ4v) is 3.20. The second kappa shape index (κ2) is 7.60. The third kappa shape index (κ3) is 3.64. The molecule has 2 atom stereocenters. The molecule has 3 N–H and O–H groups in total. The Bertz CT molecular complexity index is 450. The van der Waals surface area contributed by atoms with Crippen molar-refractivity contribution in [1.29, 1.82) is 0 Å². The molecule has 20 heavy (non-hydrogen) atoms. The molecule has 1 saturated carbocycles. The van der Waals surface area contributed by atoms with E-state index in [1.807, 2.05) is 6.92 Å². The van der Waals surface area contributed by atoms with Gasteiger partial charge in [-0.2, -0.15) is 0 Å². The van der Waals surface area contributed by atoms with E-state index in [4.69, 9.17) is 17.3 Å². The minimum Gasteiger partial charge on any atom is -0.391 e. The van der Waals surface area contributed by atoms with Crippen LogP contribution in [-0.4, -0.2) is 11.2 Å². The van der Waals surface area contributed by atoms with Gasteiger partial charge in [-0.25, -0.2) is 4.39 Å². The SMILES string of the molecule is Cc1ccc(F)c([C@@H](N)[C@@H](O)C2CCCCC2)c1Cl.Cl. The molecule has 0 aliphatic heterocycles. The highest BCUT2D eigenvalue weighted by molar-refractivity contribution is 6.32. The molecule has 0 heterocycles. The number of hydrogen-bond acceptors (Lipinski definition) is 2. The second-order valence-corrected chi connectivity index (χ2v) is 5.88. The summed E-state index contributed by atoms with van der Waals surface area (Å²) in [5, 5.41) is 10.7. The Kier molecular flexibility index (Phi) is 6.73. The van der Waals surface area contributed by atoms with Crippen molar-refractivity contribution in [2.75, 3.05) is 0 Å². The molecule has 1 aromatic carbocycles. The highest BCUT2D eigenvalue weighted by Gasteiger charge is 2.30. The van der Waals surface area contributed by atoms with Crippen LogP contribution in [0.2, 0.25) is 5.02 Å². The molecule has 114 valence electrons. The van der Waals surface area contributed by atoms with E-state index in [1.54, 1.807) is 6.07 Å². The van der Waals surface area contributed by atoms with Gasteiger partial charge in [0.15, 0.2) is 0 Å². The first-order valence-electron chi connectivity index (χ1n) is 6.90. The zero-order chi connectivity index (χ0) is 14.0. The predicted molar refractivity (Wildman–Crippen MR) is 82.9 cm³/mol. The topological polar surface area (TPSA) is 46.2 Å². The van der Waals surface area contributed by atoms with Gasteiger partial charge in [-0.1, -0.05) is 36.9 Å². The Labute approximate surface area is 130 Å². The molecule has 0 saturated heterocycles. The fourth-order valence-electron chi connectivity index (χ4n) is 2.92. The molecule has 0 aromatic heterocycles. The van der Waals surface area contributed by atoms with Crippen LogP contribution in [0.15, 0.2) is 12.1 Å². The summed E-state index contributed by atoms with van der Waals surface area (Å²) in [6.07, 6.45) is 4.61. The molecule has 1 fully saturated rings. The summed E-state index contributed by atoms with van der Waals surface area (Å²) in [6, 6.07) is 2.24. The molecule has 0 unspecified atom stereocenters. The Balaban J connectivity index is 0.00000200. The summed E-state index contributed by atoms with van der Waals surface area (Å²) in [4.78, 5) is 0. The summed E-state index contributed by atoms with van der Waals surface area (Å²) in [5.41, 5.74) is 7.10. The van der Waals surface area contributed by atoms with Crippen molar-refractivity contribution in [3.8, 4) is 0 Å². The first kappa shape index (κ1) is 17.7. The highest BCUT2D eigenvalue weighted by Crippen LogP contribution is 2.35. The molecule has 1 aliphatic carbocycles. The van der Waals surface area contributed by atoms with Gasteiger partial charge in [-0.15, -0.1) is 12.4 Å². The van der Waals surface area contributed by atoms with Gasteiger partial charge in [0, 0.05) is 5.56 Å². The van der Waals surface area contributed by atoms with Crippen molar-refractivity contribution in [2.24, 2.45) is 11.7 Å². The minimum atomic E-state index is -0.754. The maximum atomic E-state index is 13.9. The van der Waals surface area contributed by atoms with Gasteiger partial charge in [-0.05, 0) is 37.3 Å². The minimum absolute atomic E-state index is 0. The molecule has 1 aromatic rings. The lowest BCUT2D eigenvalue weighted by Gasteiger charge is -2.31. The van der Waals surface area contributed by atoms with Crippen LogP contribution < -0.4 is 5.73 Å². The van der Waals surface area contributed by atoms with Crippen molar-refractivity contribution >= 4 is 24.0 Å². The zero-order valence-electron chi connectivity index (χ0n) is 11.6. The van der Waals surface area contributed by atoms with Crippen molar-refractivity contribution in [1.82, 2.24) is 0 Å². The van der Waals surface area contributed by atoms with Crippen molar-refractivity contribution in [3.63, 3.8) is 0 Å². The summed E-state index contributed by atoms with van der Waals surface area (Å²) >= 11 is 6.15. The Morgan fingerprint density at radius 3 is 2.50 bits per heavy atom. The lowest BCUT2D eigenvalue weighted by molar-refractivity contribution is 0.0608. The second-order valence-electron chi connectivity index (χ2n) is 5.51. The van der Waals surface area contributed by atoms with Gasteiger partial charge in [0.2, 0.25) is 0 Å². The van der Waals surface area contributed by atoms with Crippen LogP contribution in [0.4, 0.5) is 4.39 Å². The van der Waals surface area contributed by atoms with Gasteiger partial charge in [0.1, 0.15) is 5.82 Å². The third-order valence-electron chi connectivity index (χ3n) is 4.15. The van der Waals surface area contributed by atoms with Crippen LogP contribution in [0.1, 0.15) is 49.3 Å². The van der Waals surface area contributed by atoms with Crippen LogP contribution >= 0.6 is 24.0 Å². The molecule has 2 rings (SSSR count). The molecular weight excluding hydrogens is 300 g/mol. The van der Waals surface area contributed by atoms with E-state index in [2.05, 4.69) is 0 Å². The molecule has 5 heteroatoms. The van der Waals surface area contributed by atoms with Crippen LogP contribution in [0.3, 0.4) is 0 Å². The average Bonchev–Trinajstić information content (AvgIpc) is 2.43. The zero-order valence-corrected chi connectivity index (χ0v) is 13.2. The van der Waals surface area contributed by atoms with Gasteiger partial charge in [-0.3, -0.25) is 0 Å². The van der Waals surface area contributed by atoms with Crippen molar-refractivity contribution in [3.05, 3.63) is 34.1 Å². The smallest absolute Gasteiger partial charge is 0.129 e. The third-order valence-corrected chi connectivity index (χ3v) is 4.66. The summed E-state index contributed by atoms with van der Waals surface area (Å²) in [7, 11) is 0. The van der Waals surface area contributed by atoms with E-state index in [0.717, 1.165) is 31.2 Å². The summed E-state index contributed by atoms with van der Waals surface area (Å²) < 4.78 is 13.9. The fraction of sp³-hybridized carbons (Fsp3) is 0.600. The molecule has 0 bridgehead atoms. The monoisotopic (exact) mass is 321 g/mol. The molecule has 0 amide bonds. The van der Waals surface area contributed by atoms with E-state index in [-0.39, 0.29) is 23.9 Å². The number of aryl methyl sites for hydroxylation is 1. The van der Waals surface area contributed by atoms with E-state index >= 15 is 0 Å². The Morgan fingerprint density at radius 1 is 1.30 bits per heavy atom. The van der Waals surface area contributed by atoms with Gasteiger partial charge in [0.25, 0.3) is 0 Å². The number of nitrogens with two attached hydrogens (primary N) is 1. The maximum absolute atomic E-state index is 13.9. The lowest BCUT2D eigenvalue weighted by Crippen LogP contribution is -2.35. The van der Waals surface area contributed by atoms with E-state index in [0.29, 0.717) is 5.02 Å². The number of benzene rings is 1. The molecular formula is C15H22Cl2FNO. The average molecular weight is 322 g/mol. The quantitative estimate of drug-likeness (QED) is 0.878. The molecule has 2 nitrogen and oxygen atoms in total. The van der Waals surface area contributed by atoms with Crippen molar-refractivity contribution < 1.29 is 9.50 Å². The number of aliphatic hydroxyl groups excluding tert-OH is 1. The largest absolute Gasteiger partial charge is 0.391 e. The number of aliphatic hydroxyl groups is 1. The van der Waals surface area contributed by atoms with Gasteiger partial charge < -0.3 is 10.8 Å². The van der Waals surface area contributed by atoms with Crippen LogP contribution in [0.25, 0.3) is 0 Å². The van der Waals surface area contributed by atoms with E-state index < -0.39 is 18.0 Å². The normalized spacial score (nSPS) is 19.2. The van der Waals surface area contributed by atoms with Crippen LogP contribution in [-0.2, 0) is 0 Å². The first-order valence-corrected chi connectivity index (χ1v) is 7.28. The molecule has 0 spiro atoms. The van der Waals surface area contributed by atoms with E-state index in [1.165, 1.54) is 12.5 Å².